The molecule has 2 aromatic carbocycles. The molecule has 0 aliphatic carbocycles. The number of amides is 1. The van der Waals surface area contributed by atoms with E-state index in [1.54, 1.807) is 37.3 Å². The van der Waals surface area contributed by atoms with E-state index >= 15 is 0 Å². The van der Waals surface area contributed by atoms with Gasteiger partial charge in [0.05, 0.1) is 24.4 Å². The monoisotopic (exact) mass is 371 g/mol. The topological polar surface area (TPSA) is 103 Å². The van der Waals surface area contributed by atoms with Crippen LogP contribution in [0.4, 0.5) is 5.69 Å². The molecule has 0 aliphatic heterocycles. The SMILES string of the molecule is CCCOc1ccc(C(=O)N/N=C/c2ccc(OCC)c([N+](=O)[O-])c2)cc1. The number of hydrogen-bond acceptors (Lipinski definition) is 6. The predicted octanol–water partition coefficient (Wildman–Crippen LogP) is 3.55. The molecule has 142 valence electrons. The lowest BCUT2D eigenvalue weighted by Gasteiger charge is -2.05. The molecule has 0 saturated heterocycles. The van der Waals surface area contributed by atoms with Crippen molar-refractivity contribution in [1.82, 2.24) is 5.43 Å². The number of hydrazone groups is 1. The largest absolute Gasteiger partial charge is 0.494 e. The highest BCUT2D eigenvalue weighted by molar-refractivity contribution is 5.95. The Morgan fingerprint density at radius 2 is 1.93 bits per heavy atom. The van der Waals surface area contributed by atoms with Gasteiger partial charge < -0.3 is 9.47 Å². The molecule has 8 nitrogen and oxygen atoms in total. The van der Waals surface area contributed by atoms with Crippen LogP contribution in [0.5, 0.6) is 11.5 Å². The third-order valence-electron chi connectivity index (χ3n) is 3.45. The summed E-state index contributed by atoms with van der Waals surface area (Å²) in [5, 5.41) is 15.0. The van der Waals surface area contributed by atoms with Gasteiger partial charge in [-0.25, -0.2) is 5.43 Å². The first-order chi connectivity index (χ1) is 13.0. The van der Waals surface area contributed by atoms with E-state index in [1.165, 1.54) is 18.3 Å². The summed E-state index contributed by atoms with van der Waals surface area (Å²) in [5.41, 5.74) is 3.12. The van der Waals surface area contributed by atoms with E-state index in [9.17, 15) is 14.9 Å². The van der Waals surface area contributed by atoms with Crippen LogP contribution >= 0.6 is 0 Å². The van der Waals surface area contributed by atoms with Crippen molar-refractivity contribution in [3.63, 3.8) is 0 Å². The van der Waals surface area contributed by atoms with Gasteiger partial charge in [0, 0.05) is 17.2 Å². The molecule has 0 unspecified atom stereocenters. The van der Waals surface area contributed by atoms with Crippen molar-refractivity contribution >= 4 is 17.8 Å². The van der Waals surface area contributed by atoms with Crippen LogP contribution in [0, 0.1) is 10.1 Å². The second kappa shape index (κ2) is 9.91. The van der Waals surface area contributed by atoms with Crippen molar-refractivity contribution in [2.75, 3.05) is 13.2 Å². The average Bonchev–Trinajstić information content (AvgIpc) is 2.67. The molecule has 1 N–H and O–H groups in total. The smallest absolute Gasteiger partial charge is 0.311 e. The van der Waals surface area contributed by atoms with Crippen molar-refractivity contribution in [2.45, 2.75) is 20.3 Å². The molecule has 0 aliphatic rings. The fourth-order valence-corrected chi connectivity index (χ4v) is 2.19. The summed E-state index contributed by atoms with van der Waals surface area (Å²) < 4.78 is 10.7. The molecule has 0 atom stereocenters. The number of carbonyl (C=O) groups excluding carboxylic acids is 1. The number of nitro benzene ring substituents is 1. The second-order valence-corrected chi connectivity index (χ2v) is 5.49. The van der Waals surface area contributed by atoms with Crippen LogP contribution in [-0.2, 0) is 0 Å². The molecule has 0 saturated carbocycles. The van der Waals surface area contributed by atoms with Gasteiger partial charge in [0.25, 0.3) is 5.91 Å². The average molecular weight is 371 g/mol. The van der Waals surface area contributed by atoms with Crippen LogP contribution in [0.1, 0.15) is 36.2 Å². The Balaban J connectivity index is 2.01. The predicted molar refractivity (Wildman–Crippen MR) is 102 cm³/mol. The van der Waals surface area contributed by atoms with Gasteiger partial charge in [-0.2, -0.15) is 5.10 Å². The number of carbonyl (C=O) groups is 1. The molecule has 0 aromatic heterocycles. The summed E-state index contributed by atoms with van der Waals surface area (Å²) in [6.07, 6.45) is 2.24. The van der Waals surface area contributed by atoms with Crippen molar-refractivity contribution in [1.29, 1.82) is 0 Å². The molecule has 2 aromatic rings. The highest BCUT2D eigenvalue weighted by Gasteiger charge is 2.15. The van der Waals surface area contributed by atoms with Gasteiger partial charge in [0.15, 0.2) is 5.75 Å². The summed E-state index contributed by atoms with van der Waals surface area (Å²) >= 11 is 0. The lowest BCUT2D eigenvalue weighted by atomic mass is 10.2. The molecule has 27 heavy (non-hydrogen) atoms. The first kappa shape index (κ1) is 19.9. The molecule has 0 radical (unpaired) electrons. The molecule has 8 heteroatoms. The minimum absolute atomic E-state index is 0.158. The van der Waals surface area contributed by atoms with Crippen LogP contribution in [0.2, 0.25) is 0 Å². The van der Waals surface area contributed by atoms with Crippen LogP contribution < -0.4 is 14.9 Å². The minimum Gasteiger partial charge on any atom is -0.494 e. The summed E-state index contributed by atoms with van der Waals surface area (Å²) in [6, 6.07) is 11.2. The van der Waals surface area contributed by atoms with Crippen LogP contribution in [-0.4, -0.2) is 30.3 Å². The number of rotatable bonds is 9. The van der Waals surface area contributed by atoms with Gasteiger partial charge in [-0.05, 0) is 49.7 Å². The number of hydrogen-bond donors (Lipinski definition) is 1. The maximum Gasteiger partial charge on any atom is 0.311 e. The normalized spacial score (nSPS) is 10.6. The molecular formula is C19H21N3O5. The number of ether oxygens (including phenoxy) is 2. The Bertz CT molecular complexity index is 819. The zero-order valence-electron chi connectivity index (χ0n) is 15.2. The summed E-state index contributed by atoms with van der Waals surface area (Å²) in [7, 11) is 0. The molecule has 0 spiro atoms. The number of nitrogens with one attached hydrogen (secondary N) is 1. The summed E-state index contributed by atoms with van der Waals surface area (Å²) in [4.78, 5) is 22.7. The Hall–Kier alpha value is -3.42. The van der Waals surface area contributed by atoms with Crippen molar-refractivity contribution in [2.24, 2.45) is 5.10 Å². The van der Waals surface area contributed by atoms with E-state index in [1.807, 2.05) is 6.92 Å². The summed E-state index contributed by atoms with van der Waals surface area (Å²) in [5.74, 6) is 0.487. The zero-order chi connectivity index (χ0) is 19.6. The van der Waals surface area contributed by atoms with Gasteiger partial charge in [0.2, 0.25) is 0 Å². The molecule has 0 heterocycles. The van der Waals surface area contributed by atoms with E-state index in [-0.39, 0.29) is 11.4 Å². The number of benzene rings is 2. The fraction of sp³-hybridized carbons (Fsp3) is 0.263. The lowest BCUT2D eigenvalue weighted by molar-refractivity contribution is -0.385. The van der Waals surface area contributed by atoms with Gasteiger partial charge >= 0.3 is 5.69 Å². The van der Waals surface area contributed by atoms with E-state index in [0.717, 1.165) is 6.42 Å². The lowest BCUT2D eigenvalue weighted by Crippen LogP contribution is -2.17. The third-order valence-corrected chi connectivity index (χ3v) is 3.45. The Morgan fingerprint density at radius 3 is 2.56 bits per heavy atom. The van der Waals surface area contributed by atoms with Crippen LogP contribution in [0.25, 0.3) is 0 Å². The van der Waals surface area contributed by atoms with Gasteiger partial charge in [-0.3, -0.25) is 14.9 Å². The second-order valence-electron chi connectivity index (χ2n) is 5.49. The summed E-state index contributed by atoms with van der Waals surface area (Å²) in [6.45, 7) is 4.70. The van der Waals surface area contributed by atoms with E-state index < -0.39 is 10.8 Å². The zero-order valence-corrected chi connectivity index (χ0v) is 15.2. The highest BCUT2D eigenvalue weighted by atomic mass is 16.6. The van der Waals surface area contributed by atoms with E-state index in [4.69, 9.17) is 9.47 Å². The standard InChI is InChI=1S/C19H21N3O5/c1-3-11-27-16-8-6-15(7-9-16)19(23)21-20-13-14-5-10-18(26-4-2)17(12-14)22(24)25/h5-10,12-13H,3-4,11H2,1-2H3,(H,21,23)/b20-13+. The Kier molecular flexibility index (Phi) is 7.30. The van der Waals surface area contributed by atoms with Gasteiger partial charge in [-0.1, -0.05) is 6.92 Å². The molecule has 1 amide bonds. The number of nitro groups is 1. The Morgan fingerprint density at radius 1 is 1.19 bits per heavy atom. The van der Waals surface area contributed by atoms with Crippen LogP contribution in [0.15, 0.2) is 47.6 Å². The van der Waals surface area contributed by atoms with Crippen molar-refractivity contribution in [3.8, 4) is 11.5 Å². The highest BCUT2D eigenvalue weighted by Crippen LogP contribution is 2.27. The molecule has 0 fully saturated rings. The quantitative estimate of drug-likeness (QED) is 0.412. The number of nitrogens with zero attached hydrogens (tertiary/aromatic N) is 2. The fourth-order valence-electron chi connectivity index (χ4n) is 2.19. The third kappa shape index (κ3) is 5.81. The van der Waals surface area contributed by atoms with E-state index in [0.29, 0.717) is 30.1 Å². The first-order valence-electron chi connectivity index (χ1n) is 8.52. The van der Waals surface area contributed by atoms with E-state index in [2.05, 4.69) is 10.5 Å². The molecule has 0 bridgehead atoms. The Labute approximate surface area is 157 Å². The molecule has 2 rings (SSSR count). The first-order valence-corrected chi connectivity index (χ1v) is 8.52. The van der Waals surface area contributed by atoms with Crippen molar-refractivity contribution < 1.29 is 19.2 Å². The maximum absolute atomic E-state index is 12.1. The minimum atomic E-state index is -0.525. The van der Waals surface area contributed by atoms with Gasteiger partial charge in [0.1, 0.15) is 5.75 Å². The maximum atomic E-state index is 12.1. The van der Waals surface area contributed by atoms with Crippen LogP contribution in [0.3, 0.4) is 0 Å². The van der Waals surface area contributed by atoms with Crippen molar-refractivity contribution in [3.05, 3.63) is 63.7 Å². The van der Waals surface area contributed by atoms with Gasteiger partial charge in [-0.15, -0.1) is 0 Å². The molecular weight excluding hydrogens is 350 g/mol.